The molecule has 1 aliphatic carbocycles. The van der Waals surface area contributed by atoms with E-state index in [0.717, 1.165) is 4.90 Å². The van der Waals surface area contributed by atoms with Crippen molar-refractivity contribution < 1.29 is 18.0 Å². The van der Waals surface area contributed by atoms with Crippen molar-refractivity contribution >= 4 is 23.3 Å². The third-order valence-electron chi connectivity index (χ3n) is 3.90. The molecule has 1 aliphatic heterocycles. The molecule has 1 N–H and O–H groups in total. The Bertz CT molecular complexity index is 663. The molecule has 1 aromatic rings. The highest BCUT2D eigenvalue weighted by Crippen LogP contribution is 2.57. The molecule has 3 rings (SSSR count). The van der Waals surface area contributed by atoms with Gasteiger partial charge in [-0.25, -0.2) is 9.69 Å². The predicted octanol–water partition coefficient (Wildman–Crippen LogP) is 3.63. The van der Waals surface area contributed by atoms with Crippen LogP contribution in [-0.2, 0) is 5.54 Å². The van der Waals surface area contributed by atoms with Gasteiger partial charge in [-0.15, -0.1) is 0 Å². The molecule has 1 atom stereocenters. The van der Waals surface area contributed by atoms with Crippen LogP contribution in [0.15, 0.2) is 18.2 Å². The highest BCUT2D eigenvalue weighted by atomic mass is 35.5. The Morgan fingerprint density at radius 3 is 2.62 bits per heavy atom. The van der Waals surface area contributed by atoms with Crippen molar-refractivity contribution in [2.45, 2.75) is 24.6 Å². The zero-order valence-corrected chi connectivity index (χ0v) is 11.4. The molecule has 21 heavy (non-hydrogen) atoms. The number of carbonyl (C=O) groups is 1. The van der Waals surface area contributed by atoms with Crippen LogP contribution >= 0.6 is 11.6 Å². The van der Waals surface area contributed by atoms with Crippen LogP contribution in [0.5, 0.6) is 0 Å². The van der Waals surface area contributed by atoms with E-state index in [0.29, 0.717) is 12.8 Å². The summed E-state index contributed by atoms with van der Waals surface area (Å²) in [7, 11) is 0. The number of alkyl halides is 3. The van der Waals surface area contributed by atoms with Gasteiger partial charge in [0.2, 0.25) is 0 Å². The fourth-order valence-electron chi connectivity index (χ4n) is 2.84. The minimum atomic E-state index is -4.63. The van der Waals surface area contributed by atoms with Crippen molar-refractivity contribution in [3.63, 3.8) is 0 Å². The van der Waals surface area contributed by atoms with Gasteiger partial charge in [-0.05, 0) is 37.0 Å². The maximum absolute atomic E-state index is 13.8. The average Bonchev–Trinajstić information content (AvgIpc) is 3.21. The number of terminal acetylenes is 1. The fourth-order valence-corrected chi connectivity index (χ4v) is 3.01. The number of nitrogens with zero attached hydrogens (tertiary/aromatic N) is 1. The van der Waals surface area contributed by atoms with E-state index in [9.17, 15) is 18.0 Å². The summed E-state index contributed by atoms with van der Waals surface area (Å²) in [5.74, 6) is -0.696. The summed E-state index contributed by atoms with van der Waals surface area (Å²) < 4.78 is 41.3. The minimum absolute atomic E-state index is 0.0508. The normalized spacial score (nSPS) is 25.1. The van der Waals surface area contributed by atoms with Crippen LogP contribution in [0, 0.1) is 18.4 Å². The second-order valence-electron chi connectivity index (χ2n) is 5.14. The largest absolute Gasteiger partial charge is 0.416 e. The van der Waals surface area contributed by atoms with E-state index >= 15 is 0 Å². The van der Waals surface area contributed by atoms with Gasteiger partial charge in [0.1, 0.15) is 0 Å². The Morgan fingerprint density at radius 1 is 1.43 bits per heavy atom. The van der Waals surface area contributed by atoms with E-state index in [1.807, 2.05) is 0 Å². The number of anilines is 1. The Kier molecular flexibility index (Phi) is 2.89. The molecule has 0 aromatic heterocycles. The molecule has 1 saturated carbocycles. The molecule has 1 heterocycles. The summed E-state index contributed by atoms with van der Waals surface area (Å²) in [6.07, 6.45) is 1.38. The summed E-state index contributed by atoms with van der Waals surface area (Å²) in [6, 6.07) is 5.13. The second kappa shape index (κ2) is 4.31. The van der Waals surface area contributed by atoms with Crippen LogP contribution < -0.4 is 10.2 Å². The lowest BCUT2D eigenvalue weighted by molar-refractivity contribution is -0.204. The van der Waals surface area contributed by atoms with Gasteiger partial charge in [0.15, 0.2) is 5.54 Å². The minimum Gasteiger partial charge on any atom is -0.318 e. The number of rotatable bonds is 1. The van der Waals surface area contributed by atoms with Crippen molar-refractivity contribution in [2.75, 3.05) is 4.90 Å². The SMILES string of the molecule is C#CN1C(=O)NC(C2CC2)(C(F)(F)F)c2cc(Cl)ccc21. The standard InChI is InChI=1S/C14H10ClF3N2O/c1-2-20-11-6-5-9(15)7-10(11)13(8-3-4-8,14(16,17)18)19-12(20)21/h1,5-8H,3-4H2,(H,19,21). The highest BCUT2D eigenvalue weighted by molar-refractivity contribution is 6.30. The van der Waals surface area contributed by atoms with Gasteiger partial charge < -0.3 is 5.32 Å². The van der Waals surface area contributed by atoms with Crippen molar-refractivity contribution in [3.05, 3.63) is 28.8 Å². The maximum atomic E-state index is 13.8. The molecular formula is C14H10ClF3N2O. The molecule has 0 bridgehead atoms. The number of urea groups is 1. The Balaban J connectivity index is 2.31. The molecule has 7 heteroatoms. The molecule has 1 fully saturated rings. The summed E-state index contributed by atoms with van der Waals surface area (Å²) in [4.78, 5) is 12.8. The third kappa shape index (κ3) is 1.88. The number of halogens is 4. The smallest absolute Gasteiger partial charge is 0.318 e. The van der Waals surface area contributed by atoms with Crippen molar-refractivity contribution in [1.29, 1.82) is 0 Å². The third-order valence-corrected chi connectivity index (χ3v) is 4.13. The van der Waals surface area contributed by atoms with Crippen molar-refractivity contribution in [2.24, 2.45) is 5.92 Å². The van der Waals surface area contributed by atoms with Crippen LogP contribution in [0.1, 0.15) is 18.4 Å². The van der Waals surface area contributed by atoms with E-state index in [2.05, 4.69) is 11.4 Å². The highest BCUT2D eigenvalue weighted by Gasteiger charge is 2.67. The van der Waals surface area contributed by atoms with Gasteiger partial charge in [0, 0.05) is 16.6 Å². The predicted molar refractivity (Wildman–Crippen MR) is 71.8 cm³/mol. The first-order valence-electron chi connectivity index (χ1n) is 6.26. The maximum Gasteiger partial charge on any atom is 0.416 e. The zero-order valence-electron chi connectivity index (χ0n) is 10.7. The summed E-state index contributed by atoms with van der Waals surface area (Å²) >= 11 is 5.86. The van der Waals surface area contributed by atoms with E-state index in [1.165, 1.54) is 18.2 Å². The van der Waals surface area contributed by atoms with Gasteiger partial charge in [0.05, 0.1) is 5.69 Å². The number of hydrogen-bond acceptors (Lipinski definition) is 1. The summed E-state index contributed by atoms with van der Waals surface area (Å²) in [5, 5.41) is 2.24. The van der Waals surface area contributed by atoms with Gasteiger partial charge in [-0.3, -0.25) is 0 Å². The van der Waals surface area contributed by atoms with Crippen LogP contribution in [0.25, 0.3) is 0 Å². The van der Waals surface area contributed by atoms with E-state index in [1.54, 1.807) is 0 Å². The number of hydrogen-bond donors (Lipinski definition) is 1. The fraction of sp³-hybridized carbons (Fsp3) is 0.357. The lowest BCUT2D eigenvalue weighted by atomic mass is 9.81. The van der Waals surface area contributed by atoms with Gasteiger partial charge in [0.25, 0.3) is 0 Å². The van der Waals surface area contributed by atoms with E-state index in [4.69, 9.17) is 18.0 Å². The molecular weight excluding hydrogens is 305 g/mol. The molecule has 1 unspecified atom stereocenters. The topological polar surface area (TPSA) is 32.3 Å². The molecule has 110 valence electrons. The van der Waals surface area contributed by atoms with Crippen molar-refractivity contribution in [3.8, 4) is 12.5 Å². The van der Waals surface area contributed by atoms with Crippen LogP contribution in [0.2, 0.25) is 5.02 Å². The van der Waals surface area contributed by atoms with Crippen LogP contribution in [-0.4, -0.2) is 12.2 Å². The summed E-state index contributed by atoms with van der Waals surface area (Å²) in [5.41, 5.74) is -2.46. The second-order valence-corrected chi connectivity index (χ2v) is 5.57. The molecule has 0 radical (unpaired) electrons. The van der Waals surface area contributed by atoms with Crippen LogP contribution in [0.3, 0.4) is 0 Å². The Morgan fingerprint density at radius 2 is 2.10 bits per heavy atom. The summed E-state index contributed by atoms with van der Waals surface area (Å²) in [6.45, 7) is 0. The lowest BCUT2D eigenvalue weighted by Crippen LogP contribution is -2.63. The monoisotopic (exact) mass is 314 g/mol. The molecule has 1 aromatic carbocycles. The number of carbonyl (C=O) groups excluding carboxylic acids is 1. The first-order chi connectivity index (χ1) is 9.81. The molecule has 2 aliphatic rings. The van der Waals surface area contributed by atoms with E-state index in [-0.39, 0.29) is 16.3 Å². The number of nitrogens with one attached hydrogen (secondary N) is 1. The molecule has 3 nitrogen and oxygen atoms in total. The van der Waals surface area contributed by atoms with Crippen LogP contribution in [0.4, 0.5) is 23.7 Å². The van der Waals surface area contributed by atoms with E-state index < -0.39 is 23.7 Å². The first kappa shape index (κ1) is 14.1. The van der Waals surface area contributed by atoms with Gasteiger partial charge in [-0.1, -0.05) is 18.0 Å². The van der Waals surface area contributed by atoms with Gasteiger partial charge in [-0.2, -0.15) is 13.2 Å². The number of fused-ring (bicyclic) bond motifs is 1. The average molecular weight is 315 g/mol. The quantitative estimate of drug-likeness (QED) is 0.789. The van der Waals surface area contributed by atoms with Crippen molar-refractivity contribution in [1.82, 2.24) is 5.32 Å². The molecule has 0 spiro atoms. The molecule has 2 amide bonds. The first-order valence-corrected chi connectivity index (χ1v) is 6.64. The zero-order chi connectivity index (χ0) is 15.4. The number of amides is 2. The lowest BCUT2D eigenvalue weighted by Gasteiger charge is -2.43. The molecule has 0 saturated heterocycles. The number of benzene rings is 1. The van der Waals surface area contributed by atoms with Gasteiger partial charge >= 0.3 is 12.2 Å². The Hall–Kier alpha value is -1.87. The Labute approximate surface area is 124 Å².